The van der Waals surface area contributed by atoms with Gasteiger partial charge in [0, 0.05) is 18.1 Å². The molecule has 0 heterocycles. The molecule has 0 aromatic heterocycles. The van der Waals surface area contributed by atoms with Crippen molar-refractivity contribution in [2.45, 2.75) is 0 Å². The molecule has 1 aromatic carbocycles. The number of benzene rings is 1. The molecule has 0 aliphatic carbocycles. The van der Waals surface area contributed by atoms with Crippen molar-refractivity contribution in [3.8, 4) is 0 Å². The van der Waals surface area contributed by atoms with Gasteiger partial charge in [-0.05, 0) is 18.2 Å². The predicted molar refractivity (Wildman–Crippen MR) is 68.8 cm³/mol. The van der Waals surface area contributed by atoms with Crippen molar-refractivity contribution in [1.29, 1.82) is 0 Å². The Kier molecular flexibility index (Phi) is 5.55. The third-order valence-electron chi connectivity index (χ3n) is 1.76. The van der Waals surface area contributed by atoms with Gasteiger partial charge in [-0.1, -0.05) is 23.2 Å². The van der Waals surface area contributed by atoms with Crippen LogP contribution in [-0.2, 0) is 9.59 Å². The molecule has 0 aliphatic rings. The molecule has 0 spiro atoms. The zero-order valence-corrected chi connectivity index (χ0v) is 10.9. The zero-order valence-electron chi connectivity index (χ0n) is 8.60. The summed E-state index contributed by atoms with van der Waals surface area (Å²) in [5.74, 6) is -1.29. The number of rotatable bonds is 3. The summed E-state index contributed by atoms with van der Waals surface area (Å²) >= 11 is 16.8. The number of amides is 2. The lowest BCUT2D eigenvalue weighted by Gasteiger charge is -2.06. The molecule has 0 saturated carbocycles. The molecule has 92 valence electrons. The number of carbonyl (C=O) groups is 2. The van der Waals surface area contributed by atoms with Crippen LogP contribution in [0.15, 0.2) is 18.2 Å². The van der Waals surface area contributed by atoms with Gasteiger partial charge in [-0.15, -0.1) is 11.6 Å². The van der Waals surface area contributed by atoms with Crippen LogP contribution in [0.1, 0.15) is 0 Å². The Labute approximate surface area is 113 Å². The summed E-state index contributed by atoms with van der Waals surface area (Å²) in [6.07, 6.45) is 0. The highest BCUT2D eigenvalue weighted by Gasteiger charge is 2.13. The molecule has 0 unspecified atom stereocenters. The quantitative estimate of drug-likeness (QED) is 0.664. The van der Waals surface area contributed by atoms with Crippen LogP contribution in [-0.4, -0.2) is 24.2 Å². The first-order valence-electron chi connectivity index (χ1n) is 4.65. The van der Waals surface area contributed by atoms with Crippen LogP contribution in [0.4, 0.5) is 5.69 Å². The second-order valence-corrected chi connectivity index (χ2v) is 4.22. The van der Waals surface area contributed by atoms with Gasteiger partial charge in [-0.25, -0.2) is 0 Å². The number of nitrogens with one attached hydrogen (secondary N) is 2. The molecule has 0 aliphatic heterocycles. The molecule has 1 aromatic rings. The van der Waals surface area contributed by atoms with E-state index in [1.807, 2.05) is 0 Å². The van der Waals surface area contributed by atoms with Crippen LogP contribution in [0, 0.1) is 0 Å². The lowest BCUT2D eigenvalue weighted by atomic mass is 10.3. The van der Waals surface area contributed by atoms with Gasteiger partial charge >= 0.3 is 11.8 Å². The van der Waals surface area contributed by atoms with Gasteiger partial charge in [0.2, 0.25) is 0 Å². The van der Waals surface area contributed by atoms with E-state index in [4.69, 9.17) is 34.8 Å². The normalized spacial score (nSPS) is 9.82. The second kappa shape index (κ2) is 6.69. The number of alkyl halides is 1. The molecule has 0 fully saturated rings. The SMILES string of the molecule is O=C(NCCCl)C(=O)Nc1ccc(Cl)c(Cl)c1. The van der Waals surface area contributed by atoms with E-state index in [-0.39, 0.29) is 12.4 Å². The van der Waals surface area contributed by atoms with E-state index in [1.54, 1.807) is 6.07 Å². The molecule has 2 N–H and O–H groups in total. The highest BCUT2D eigenvalue weighted by Crippen LogP contribution is 2.24. The summed E-state index contributed by atoms with van der Waals surface area (Å²) in [7, 11) is 0. The average molecular weight is 296 g/mol. The van der Waals surface area contributed by atoms with Crippen LogP contribution < -0.4 is 10.6 Å². The van der Waals surface area contributed by atoms with Gasteiger partial charge in [0.15, 0.2) is 0 Å². The molecule has 1 rings (SSSR count). The zero-order chi connectivity index (χ0) is 12.8. The van der Waals surface area contributed by atoms with E-state index in [1.165, 1.54) is 12.1 Å². The van der Waals surface area contributed by atoms with Gasteiger partial charge < -0.3 is 10.6 Å². The summed E-state index contributed by atoms with van der Waals surface area (Å²) in [6.45, 7) is 0.231. The van der Waals surface area contributed by atoms with Gasteiger partial charge in [0.05, 0.1) is 10.0 Å². The third kappa shape index (κ3) is 4.42. The van der Waals surface area contributed by atoms with Crippen LogP contribution in [0.2, 0.25) is 10.0 Å². The fraction of sp³-hybridized carbons (Fsp3) is 0.200. The van der Waals surface area contributed by atoms with Gasteiger partial charge in [0.25, 0.3) is 0 Å². The van der Waals surface area contributed by atoms with E-state index < -0.39 is 11.8 Å². The van der Waals surface area contributed by atoms with Crippen molar-refractivity contribution >= 4 is 52.3 Å². The van der Waals surface area contributed by atoms with Crippen molar-refractivity contribution in [2.75, 3.05) is 17.7 Å². The third-order valence-corrected chi connectivity index (χ3v) is 2.69. The number of hydrogen-bond donors (Lipinski definition) is 2. The maximum atomic E-state index is 11.4. The first-order valence-corrected chi connectivity index (χ1v) is 5.94. The summed E-state index contributed by atoms with van der Waals surface area (Å²) in [5, 5.41) is 5.39. The molecule has 0 radical (unpaired) electrons. The minimum absolute atomic E-state index is 0.231. The van der Waals surface area contributed by atoms with Gasteiger partial charge in [-0.3, -0.25) is 9.59 Å². The Morgan fingerprint density at radius 2 is 1.82 bits per heavy atom. The molecular weight excluding hydrogens is 286 g/mol. The van der Waals surface area contributed by atoms with E-state index in [0.717, 1.165) is 0 Å². The Hall–Kier alpha value is -0.970. The molecule has 0 saturated heterocycles. The Balaban J connectivity index is 2.61. The first-order chi connectivity index (χ1) is 8.04. The average Bonchev–Trinajstić information content (AvgIpc) is 2.30. The number of anilines is 1. The highest BCUT2D eigenvalue weighted by atomic mass is 35.5. The van der Waals surface area contributed by atoms with E-state index in [2.05, 4.69) is 10.6 Å². The summed E-state index contributed by atoms with van der Waals surface area (Å²) in [6, 6.07) is 4.52. The standard InChI is InChI=1S/C10H9Cl3N2O2/c11-3-4-14-9(16)10(17)15-6-1-2-7(12)8(13)5-6/h1-2,5H,3-4H2,(H,14,16)(H,15,17). The van der Waals surface area contributed by atoms with Crippen LogP contribution in [0.3, 0.4) is 0 Å². The van der Waals surface area contributed by atoms with Crippen molar-refractivity contribution in [3.63, 3.8) is 0 Å². The number of hydrogen-bond acceptors (Lipinski definition) is 2. The highest BCUT2D eigenvalue weighted by molar-refractivity contribution is 6.43. The lowest BCUT2D eigenvalue weighted by Crippen LogP contribution is -2.36. The van der Waals surface area contributed by atoms with Crippen molar-refractivity contribution < 1.29 is 9.59 Å². The maximum Gasteiger partial charge on any atom is 0.313 e. The molecule has 2 amide bonds. The molecule has 17 heavy (non-hydrogen) atoms. The van der Waals surface area contributed by atoms with Crippen molar-refractivity contribution in [1.82, 2.24) is 5.32 Å². The smallest absolute Gasteiger partial charge is 0.313 e. The van der Waals surface area contributed by atoms with Gasteiger partial charge in [0.1, 0.15) is 0 Å². The first kappa shape index (κ1) is 14.1. The number of halogens is 3. The van der Waals surface area contributed by atoms with E-state index >= 15 is 0 Å². The summed E-state index contributed by atoms with van der Waals surface area (Å²) < 4.78 is 0. The molecule has 0 atom stereocenters. The molecule has 7 heteroatoms. The summed E-state index contributed by atoms with van der Waals surface area (Å²) in [5.41, 5.74) is 0.394. The van der Waals surface area contributed by atoms with Crippen LogP contribution >= 0.6 is 34.8 Å². The van der Waals surface area contributed by atoms with Crippen molar-refractivity contribution in [3.05, 3.63) is 28.2 Å². The fourth-order valence-electron chi connectivity index (χ4n) is 1.00. The minimum atomic E-state index is -0.784. The van der Waals surface area contributed by atoms with E-state index in [9.17, 15) is 9.59 Å². The Morgan fingerprint density at radius 1 is 1.12 bits per heavy atom. The van der Waals surface area contributed by atoms with Crippen molar-refractivity contribution in [2.24, 2.45) is 0 Å². The minimum Gasteiger partial charge on any atom is -0.347 e. The second-order valence-electron chi connectivity index (χ2n) is 3.03. The van der Waals surface area contributed by atoms with Crippen LogP contribution in [0.5, 0.6) is 0 Å². The predicted octanol–water partition coefficient (Wildman–Crippen LogP) is 2.29. The summed E-state index contributed by atoms with van der Waals surface area (Å²) in [4.78, 5) is 22.6. The van der Waals surface area contributed by atoms with Crippen LogP contribution in [0.25, 0.3) is 0 Å². The molecule has 0 bridgehead atoms. The van der Waals surface area contributed by atoms with Gasteiger partial charge in [-0.2, -0.15) is 0 Å². The Morgan fingerprint density at radius 3 is 2.41 bits per heavy atom. The number of carbonyl (C=O) groups excluding carboxylic acids is 2. The monoisotopic (exact) mass is 294 g/mol. The largest absolute Gasteiger partial charge is 0.347 e. The van der Waals surface area contributed by atoms with E-state index in [0.29, 0.717) is 15.7 Å². The molecule has 4 nitrogen and oxygen atoms in total. The lowest BCUT2D eigenvalue weighted by molar-refractivity contribution is -0.136. The Bertz CT molecular complexity index is 438. The maximum absolute atomic E-state index is 11.4. The fourth-order valence-corrected chi connectivity index (χ4v) is 1.40. The topological polar surface area (TPSA) is 58.2 Å². The molecular formula is C10H9Cl3N2O2.